The molecule has 5 nitrogen and oxygen atoms in total. The van der Waals surface area contributed by atoms with Gasteiger partial charge in [-0.2, -0.15) is 5.10 Å². The van der Waals surface area contributed by atoms with E-state index in [1.807, 2.05) is 30.5 Å². The molecule has 1 aromatic heterocycles. The molecule has 0 aliphatic carbocycles. The number of hydrogen-bond acceptors (Lipinski definition) is 5. The molecule has 100 valence electrons. The SMILES string of the molecule is CCOC(=O)c1cnn(-c2ccc(SC)cc2)c1N. The lowest BCUT2D eigenvalue weighted by molar-refractivity contribution is 0.0527. The van der Waals surface area contributed by atoms with Crippen LogP contribution in [0.5, 0.6) is 0 Å². The van der Waals surface area contributed by atoms with E-state index in [1.165, 1.54) is 10.9 Å². The van der Waals surface area contributed by atoms with Crippen LogP contribution in [0.15, 0.2) is 35.4 Å². The second-order valence-corrected chi connectivity index (χ2v) is 4.65. The first-order valence-electron chi connectivity index (χ1n) is 5.82. The third-order valence-electron chi connectivity index (χ3n) is 2.62. The molecule has 0 fully saturated rings. The van der Waals surface area contributed by atoms with E-state index < -0.39 is 5.97 Å². The molecule has 0 unspecified atom stereocenters. The summed E-state index contributed by atoms with van der Waals surface area (Å²) in [7, 11) is 0. The summed E-state index contributed by atoms with van der Waals surface area (Å²) in [6.45, 7) is 2.06. The van der Waals surface area contributed by atoms with E-state index in [-0.39, 0.29) is 11.4 Å². The van der Waals surface area contributed by atoms with Crippen LogP contribution in [0.2, 0.25) is 0 Å². The molecule has 0 aliphatic rings. The van der Waals surface area contributed by atoms with Gasteiger partial charge in [-0.3, -0.25) is 0 Å². The predicted molar refractivity (Wildman–Crippen MR) is 75.7 cm³/mol. The molecule has 19 heavy (non-hydrogen) atoms. The lowest BCUT2D eigenvalue weighted by Crippen LogP contribution is -2.08. The molecule has 0 saturated carbocycles. The average Bonchev–Trinajstić information content (AvgIpc) is 2.81. The number of carbonyl (C=O) groups excluding carboxylic acids is 1. The number of thioether (sulfide) groups is 1. The lowest BCUT2D eigenvalue weighted by atomic mass is 10.3. The van der Waals surface area contributed by atoms with Gasteiger partial charge in [-0.05, 0) is 37.4 Å². The topological polar surface area (TPSA) is 70.1 Å². The van der Waals surface area contributed by atoms with Crippen LogP contribution in [0, 0.1) is 0 Å². The summed E-state index contributed by atoms with van der Waals surface area (Å²) in [5.41, 5.74) is 7.03. The lowest BCUT2D eigenvalue weighted by Gasteiger charge is -2.06. The Morgan fingerprint density at radius 2 is 2.11 bits per heavy atom. The summed E-state index contributed by atoms with van der Waals surface area (Å²) >= 11 is 1.66. The molecule has 6 heteroatoms. The van der Waals surface area contributed by atoms with Crippen LogP contribution in [0.4, 0.5) is 5.82 Å². The molecule has 0 bridgehead atoms. The number of rotatable bonds is 4. The highest BCUT2D eigenvalue weighted by molar-refractivity contribution is 7.98. The molecule has 1 aromatic carbocycles. The molecule has 0 radical (unpaired) electrons. The molecule has 0 aliphatic heterocycles. The fraction of sp³-hybridized carbons (Fsp3) is 0.231. The van der Waals surface area contributed by atoms with Crippen LogP contribution < -0.4 is 5.73 Å². The molecular formula is C13H15N3O2S. The minimum absolute atomic E-state index is 0.287. The normalized spacial score (nSPS) is 10.4. The maximum absolute atomic E-state index is 11.7. The Bertz CT molecular complexity index is 578. The number of hydrogen-bond donors (Lipinski definition) is 1. The number of anilines is 1. The highest BCUT2D eigenvalue weighted by atomic mass is 32.2. The average molecular weight is 277 g/mol. The molecule has 2 aromatic rings. The number of nitrogens with zero attached hydrogens (tertiary/aromatic N) is 2. The van der Waals surface area contributed by atoms with Crippen molar-refractivity contribution < 1.29 is 9.53 Å². The Balaban J connectivity index is 2.32. The van der Waals surface area contributed by atoms with E-state index in [4.69, 9.17) is 10.5 Å². The molecule has 2 rings (SSSR count). The van der Waals surface area contributed by atoms with Crippen molar-refractivity contribution in [3.05, 3.63) is 36.0 Å². The molecule has 2 N–H and O–H groups in total. The van der Waals surface area contributed by atoms with Crippen molar-refractivity contribution in [1.29, 1.82) is 0 Å². The summed E-state index contributed by atoms with van der Waals surface area (Å²) < 4.78 is 6.44. The standard InChI is InChI=1S/C13H15N3O2S/c1-3-18-13(17)11-8-15-16(12(11)14)9-4-6-10(19-2)7-5-9/h4-8H,3,14H2,1-2H3. The van der Waals surface area contributed by atoms with E-state index >= 15 is 0 Å². The third kappa shape index (κ3) is 2.73. The van der Waals surface area contributed by atoms with Gasteiger partial charge in [0.2, 0.25) is 0 Å². The maximum atomic E-state index is 11.7. The van der Waals surface area contributed by atoms with E-state index in [0.29, 0.717) is 6.61 Å². The number of aromatic nitrogens is 2. The largest absolute Gasteiger partial charge is 0.462 e. The van der Waals surface area contributed by atoms with Crippen LogP contribution in [-0.4, -0.2) is 28.6 Å². The van der Waals surface area contributed by atoms with Crippen LogP contribution in [0.1, 0.15) is 17.3 Å². The molecule has 0 saturated heterocycles. The molecule has 1 heterocycles. The Labute approximate surface area is 115 Å². The number of esters is 1. The number of carbonyl (C=O) groups is 1. The highest BCUT2D eigenvalue weighted by Crippen LogP contribution is 2.21. The van der Waals surface area contributed by atoms with Crippen LogP contribution in [-0.2, 0) is 4.74 Å². The minimum Gasteiger partial charge on any atom is -0.462 e. The summed E-state index contributed by atoms with van der Waals surface area (Å²) in [5, 5.41) is 4.13. The van der Waals surface area contributed by atoms with E-state index in [1.54, 1.807) is 18.7 Å². The predicted octanol–water partition coefficient (Wildman–Crippen LogP) is 2.35. The first kappa shape index (κ1) is 13.5. The van der Waals surface area contributed by atoms with Crippen molar-refractivity contribution in [3.63, 3.8) is 0 Å². The number of nitrogen functional groups attached to an aromatic ring is 1. The third-order valence-corrected chi connectivity index (χ3v) is 3.36. The molecule has 0 atom stereocenters. The van der Waals surface area contributed by atoms with Crippen LogP contribution in [0.25, 0.3) is 5.69 Å². The second-order valence-electron chi connectivity index (χ2n) is 3.77. The molecule has 0 spiro atoms. The summed E-state index contributed by atoms with van der Waals surface area (Å²) in [5.74, 6) is -0.165. The van der Waals surface area contributed by atoms with Gasteiger partial charge in [0.15, 0.2) is 0 Å². The summed E-state index contributed by atoms with van der Waals surface area (Å²) in [6, 6.07) is 7.77. The van der Waals surface area contributed by atoms with Crippen molar-refractivity contribution in [1.82, 2.24) is 9.78 Å². The fourth-order valence-corrected chi connectivity index (χ4v) is 2.06. The molecule has 0 amide bonds. The number of nitrogens with two attached hydrogens (primary N) is 1. The van der Waals surface area contributed by atoms with Gasteiger partial charge < -0.3 is 10.5 Å². The van der Waals surface area contributed by atoms with Gasteiger partial charge in [0.05, 0.1) is 18.5 Å². The molecular weight excluding hydrogens is 262 g/mol. The Morgan fingerprint density at radius 3 is 2.68 bits per heavy atom. The Morgan fingerprint density at radius 1 is 1.42 bits per heavy atom. The number of benzene rings is 1. The first-order valence-corrected chi connectivity index (χ1v) is 7.05. The van der Waals surface area contributed by atoms with Crippen LogP contribution >= 0.6 is 11.8 Å². The first-order chi connectivity index (χ1) is 9.17. The van der Waals surface area contributed by atoms with Gasteiger partial charge in [-0.25, -0.2) is 9.48 Å². The van der Waals surface area contributed by atoms with E-state index in [2.05, 4.69) is 5.10 Å². The van der Waals surface area contributed by atoms with Crippen molar-refractivity contribution in [3.8, 4) is 5.69 Å². The van der Waals surface area contributed by atoms with Crippen LogP contribution in [0.3, 0.4) is 0 Å². The van der Waals surface area contributed by atoms with Crippen molar-refractivity contribution in [2.24, 2.45) is 0 Å². The summed E-state index contributed by atoms with van der Waals surface area (Å²) in [4.78, 5) is 12.8. The summed E-state index contributed by atoms with van der Waals surface area (Å²) in [6.07, 6.45) is 3.44. The maximum Gasteiger partial charge on any atom is 0.343 e. The van der Waals surface area contributed by atoms with Gasteiger partial charge in [-0.1, -0.05) is 0 Å². The van der Waals surface area contributed by atoms with Gasteiger partial charge in [0.25, 0.3) is 0 Å². The zero-order valence-electron chi connectivity index (χ0n) is 10.8. The highest BCUT2D eigenvalue weighted by Gasteiger charge is 2.16. The van der Waals surface area contributed by atoms with Crippen molar-refractivity contribution >= 4 is 23.5 Å². The fourth-order valence-electron chi connectivity index (χ4n) is 1.65. The van der Waals surface area contributed by atoms with E-state index in [9.17, 15) is 4.79 Å². The van der Waals surface area contributed by atoms with Crippen molar-refractivity contribution in [2.45, 2.75) is 11.8 Å². The van der Waals surface area contributed by atoms with Crippen molar-refractivity contribution in [2.75, 3.05) is 18.6 Å². The van der Waals surface area contributed by atoms with Gasteiger partial charge in [0, 0.05) is 4.90 Å². The van der Waals surface area contributed by atoms with Gasteiger partial charge in [-0.15, -0.1) is 11.8 Å². The Hall–Kier alpha value is -1.95. The number of ether oxygens (including phenoxy) is 1. The van der Waals surface area contributed by atoms with Gasteiger partial charge >= 0.3 is 5.97 Å². The minimum atomic E-state index is -0.452. The zero-order chi connectivity index (χ0) is 13.8. The second kappa shape index (κ2) is 5.79. The zero-order valence-corrected chi connectivity index (χ0v) is 11.6. The quantitative estimate of drug-likeness (QED) is 0.686. The van der Waals surface area contributed by atoms with Gasteiger partial charge in [0.1, 0.15) is 11.4 Å². The smallest absolute Gasteiger partial charge is 0.343 e. The Kier molecular flexibility index (Phi) is 4.11. The monoisotopic (exact) mass is 277 g/mol. The van der Waals surface area contributed by atoms with E-state index in [0.717, 1.165) is 10.6 Å².